The third-order valence-electron chi connectivity index (χ3n) is 4.35. The molecule has 1 heterocycles. The van der Waals surface area contributed by atoms with Crippen LogP contribution in [-0.2, 0) is 0 Å². The lowest BCUT2D eigenvalue weighted by Gasteiger charge is -2.18. The molecule has 1 saturated heterocycles. The van der Waals surface area contributed by atoms with Gasteiger partial charge in [-0.1, -0.05) is 13.0 Å². The van der Waals surface area contributed by atoms with Gasteiger partial charge in [0.25, 0.3) is 5.91 Å². The summed E-state index contributed by atoms with van der Waals surface area (Å²) in [5.41, 5.74) is 2.75. The first-order chi connectivity index (χ1) is 11.0. The third kappa shape index (κ3) is 3.52. The van der Waals surface area contributed by atoms with Crippen molar-refractivity contribution in [1.82, 2.24) is 0 Å². The van der Waals surface area contributed by atoms with E-state index in [1.165, 1.54) is 18.2 Å². The highest BCUT2D eigenvalue weighted by Crippen LogP contribution is 2.25. The molecule has 3 rings (SSSR count). The smallest absolute Gasteiger partial charge is 0.255 e. The van der Waals surface area contributed by atoms with Crippen molar-refractivity contribution in [2.45, 2.75) is 20.3 Å². The van der Waals surface area contributed by atoms with Gasteiger partial charge in [0.05, 0.1) is 0 Å². The molecule has 1 fully saturated rings. The number of nitrogens with zero attached hydrogens (tertiary/aromatic N) is 1. The van der Waals surface area contributed by atoms with Crippen LogP contribution in [0.2, 0.25) is 0 Å². The fraction of sp³-hybridized carbons (Fsp3) is 0.316. The van der Waals surface area contributed by atoms with Crippen LogP contribution in [0.15, 0.2) is 42.5 Å². The highest BCUT2D eigenvalue weighted by atomic mass is 19.1. The van der Waals surface area contributed by atoms with Gasteiger partial charge >= 0.3 is 0 Å². The van der Waals surface area contributed by atoms with Crippen molar-refractivity contribution in [1.29, 1.82) is 0 Å². The maximum Gasteiger partial charge on any atom is 0.255 e. The van der Waals surface area contributed by atoms with Gasteiger partial charge in [-0.25, -0.2) is 4.39 Å². The second kappa shape index (κ2) is 6.41. The summed E-state index contributed by atoms with van der Waals surface area (Å²) in [6.07, 6.45) is 1.22. The monoisotopic (exact) mass is 312 g/mol. The quantitative estimate of drug-likeness (QED) is 0.919. The molecule has 0 saturated carbocycles. The molecule has 3 nitrogen and oxygen atoms in total. The van der Waals surface area contributed by atoms with Crippen LogP contribution in [0.5, 0.6) is 0 Å². The molecule has 120 valence electrons. The van der Waals surface area contributed by atoms with E-state index in [0.29, 0.717) is 16.8 Å². The summed E-state index contributed by atoms with van der Waals surface area (Å²) in [7, 11) is 0. The van der Waals surface area contributed by atoms with Crippen LogP contribution in [-0.4, -0.2) is 19.0 Å². The van der Waals surface area contributed by atoms with E-state index >= 15 is 0 Å². The van der Waals surface area contributed by atoms with Gasteiger partial charge in [0.2, 0.25) is 0 Å². The van der Waals surface area contributed by atoms with Crippen LogP contribution < -0.4 is 10.2 Å². The fourth-order valence-electron chi connectivity index (χ4n) is 2.86. The minimum Gasteiger partial charge on any atom is -0.371 e. The predicted octanol–water partition coefficient (Wildman–Crippen LogP) is 4.23. The highest BCUT2D eigenvalue weighted by Gasteiger charge is 2.18. The summed E-state index contributed by atoms with van der Waals surface area (Å²) in [6.45, 7) is 6.09. The number of aryl methyl sites for hydroxylation is 1. The van der Waals surface area contributed by atoms with Crippen LogP contribution in [0.1, 0.15) is 29.3 Å². The summed E-state index contributed by atoms with van der Waals surface area (Å²) >= 11 is 0. The number of carbonyl (C=O) groups excluding carboxylic acids is 1. The Kier molecular flexibility index (Phi) is 4.33. The van der Waals surface area contributed by atoms with Crippen molar-refractivity contribution in [3.63, 3.8) is 0 Å². The minimum absolute atomic E-state index is 0.300. The van der Waals surface area contributed by atoms with Crippen LogP contribution >= 0.6 is 0 Å². The Morgan fingerprint density at radius 3 is 2.57 bits per heavy atom. The molecule has 1 aliphatic heterocycles. The van der Waals surface area contributed by atoms with E-state index in [1.54, 1.807) is 19.1 Å². The maximum absolute atomic E-state index is 13.6. The maximum atomic E-state index is 13.6. The Bertz CT molecular complexity index is 712. The summed E-state index contributed by atoms with van der Waals surface area (Å²) in [5.74, 6) is 0.0633. The second-order valence-electron chi connectivity index (χ2n) is 6.30. The lowest BCUT2D eigenvalue weighted by Crippen LogP contribution is -2.19. The van der Waals surface area contributed by atoms with E-state index in [1.807, 2.05) is 24.3 Å². The Morgan fingerprint density at radius 2 is 1.96 bits per heavy atom. The van der Waals surface area contributed by atoms with Crippen molar-refractivity contribution < 1.29 is 9.18 Å². The zero-order chi connectivity index (χ0) is 16.4. The number of anilines is 2. The van der Waals surface area contributed by atoms with Crippen molar-refractivity contribution in [2.75, 3.05) is 23.3 Å². The summed E-state index contributed by atoms with van der Waals surface area (Å²) in [6, 6.07) is 12.3. The normalized spacial score (nSPS) is 17.3. The van der Waals surface area contributed by atoms with Crippen LogP contribution in [0, 0.1) is 18.7 Å². The van der Waals surface area contributed by atoms with Crippen LogP contribution in [0.3, 0.4) is 0 Å². The molecule has 4 heteroatoms. The topological polar surface area (TPSA) is 32.3 Å². The lowest BCUT2D eigenvalue weighted by molar-refractivity contribution is 0.102. The number of amides is 1. The molecule has 0 aromatic heterocycles. The van der Waals surface area contributed by atoms with E-state index in [0.717, 1.165) is 19.0 Å². The lowest BCUT2D eigenvalue weighted by atomic mass is 10.1. The minimum atomic E-state index is -0.365. The number of halogens is 1. The molecule has 2 aromatic carbocycles. The molecule has 23 heavy (non-hydrogen) atoms. The summed E-state index contributed by atoms with van der Waals surface area (Å²) < 4.78 is 13.6. The standard InChI is InChI=1S/C19H21FN2O/c1-13-9-10-22(12-13)17-7-5-16(6-8-17)21-19(23)15-4-3-14(2)18(20)11-15/h3-8,11,13H,9-10,12H2,1-2H3,(H,21,23). The Balaban J connectivity index is 1.68. The zero-order valence-electron chi connectivity index (χ0n) is 13.5. The molecule has 0 bridgehead atoms. The molecule has 1 N–H and O–H groups in total. The van der Waals surface area contributed by atoms with Gasteiger partial charge in [0.1, 0.15) is 5.82 Å². The van der Waals surface area contributed by atoms with Crippen molar-refractivity contribution in [3.05, 3.63) is 59.4 Å². The van der Waals surface area contributed by atoms with Crippen molar-refractivity contribution in [3.8, 4) is 0 Å². The number of carbonyl (C=O) groups is 1. The molecule has 0 aliphatic carbocycles. The number of nitrogens with one attached hydrogen (secondary N) is 1. The van der Waals surface area contributed by atoms with E-state index < -0.39 is 0 Å². The largest absolute Gasteiger partial charge is 0.371 e. The van der Waals surface area contributed by atoms with E-state index in [-0.39, 0.29) is 11.7 Å². The van der Waals surface area contributed by atoms with Crippen LogP contribution in [0.4, 0.5) is 15.8 Å². The molecule has 1 aliphatic rings. The zero-order valence-corrected chi connectivity index (χ0v) is 13.5. The molecule has 1 amide bonds. The molecule has 0 radical (unpaired) electrons. The molecule has 0 spiro atoms. The van der Waals surface area contributed by atoms with Crippen molar-refractivity contribution in [2.24, 2.45) is 5.92 Å². The van der Waals surface area contributed by atoms with Gasteiger partial charge in [-0.2, -0.15) is 0 Å². The van der Waals surface area contributed by atoms with Gasteiger partial charge in [0, 0.05) is 30.0 Å². The Morgan fingerprint density at radius 1 is 1.22 bits per heavy atom. The summed E-state index contributed by atoms with van der Waals surface area (Å²) in [5, 5.41) is 2.81. The van der Waals surface area contributed by atoms with Gasteiger partial charge in [-0.05, 0) is 61.2 Å². The van der Waals surface area contributed by atoms with E-state index in [9.17, 15) is 9.18 Å². The molecular weight excluding hydrogens is 291 g/mol. The molecule has 2 aromatic rings. The molecule has 1 unspecified atom stereocenters. The average Bonchev–Trinajstić information content (AvgIpc) is 2.97. The highest BCUT2D eigenvalue weighted by molar-refractivity contribution is 6.04. The SMILES string of the molecule is Cc1ccc(C(=O)Nc2ccc(N3CCC(C)C3)cc2)cc1F. The van der Waals surface area contributed by atoms with Gasteiger partial charge in [-0.15, -0.1) is 0 Å². The number of benzene rings is 2. The second-order valence-corrected chi connectivity index (χ2v) is 6.30. The first-order valence-corrected chi connectivity index (χ1v) is 7.95. The molecule has 1 atom stereocenters. The molecular formula is C19H21FN2O. The average molecular weight is 312 g/mol. The number of hydrogen-bond donors (Lipinski definition) is 1. The van der Waals surface area contributed by atoms with Gasteiger partial charge < -0.3 is 10.2 Å². The Hall–Kier alpha value is -2.36. The third-order valence-corrected chi connectivity index (χ3v) is 4.35. The first-order valence-electron chi connectivity index (χ1n) is 7.95. The van der Waals surface area contributed by atoms with Gasteiger partial charge in [0.15, 0.2) is 0 Å². The number of hydrogen-bond acceptors (Lipinski definition) is 2. The fourth-order valence-corrected chi connectivity index (χ4v) is 2.86. The van der Waals surface area contributed by atoms with Crippen LogP contribution in [0.25, 0.3) is 0 Å². The van der Waals surface area contributed by atoms with E-state index in [2.05, 4.69) is 17.1 Å². The summed E-state index contributed by atoms with van der Waals surface area (Å²) in [4.78, 5) is 14.5. The predicted molar refractivity (Wildman–Crippen MR) is 91.5 cm³/mol. The Labute approximate surface area is 136 Å². The first kappa shape index (κ1) is 15.5. The van der Waals surface area contributed by atoms with Gasteiger partial charge in [-0.3, -0.25) is 4.79 Å². The van der Waals surface area contributed by atoms with E-state index in [4.69, 9.17) is 0 Å². The van der Waals surface area contributed by atoms with Crippen molar-refractivity contribution >= 4 is 17.3 Å². The number of rotatable bonds is 3.